The molecule has 0 heterocycles. The normalized spacial score (nSPS) is 10.5. The fourth-order valence-corrected chi connectivity index (χ4v) is 3.39. The van der Waals surface area contributed by atoms with Gasteiger partial charge >= 0.3 is 29.8 Å². The number of carbonyl (C=O) groups excluding carboxylic acids is 4. The first kappa shape index (κ1) is 33.4. The predicted molar refractivity (Wildman–Crippen MR) is 130 cm³/mol. The Balaban J connectivity index is 3.47. The molecule has 0 aromatic heterocycles. The highest BCUT2D eigenvalue weighted by molar-refractivity contribution is 5.77. The predicted octanol–water partition coefficient (Wildman–Crippen LogP) is 5.90. The lowest BCUT2D eigenvalue weighted by Gasteiger charge is -2.04. The number of carbonyl (C=O) groups is 5. The van der Waals surface area contributed by atoms with Crippen molar-refractivity contribution in [2.75, 3.05) is 0 Å². The highest BCUT2D eigenvalue weighted by atomic mass is 17.2. The lowest BCUT2D eigenvalue weighted by atomic mass is 10.1. The maximum Gasteiger partial charge on any atom is 0.356 e. The highest BCUT2D eigenvalue weighted by Gasteiger charge is 2.12. The number of rotatable bonds is 22. The summed E-state index contributed by atoms with van der Waals surface area (Å²) in [6.45, 7) is 2.20. The van der Waals surface area contributed by atoms with Crippen molar-refractivity contribution in [2.45, 2.75) is 135 Å². The summed E-state index contributed by atoms with van der Waals surface area (Å²) < 4.78 is 0. The van der Waals surface area contributed by atoms with Crippen molar-refractivity contribution in [1.82, 2.24) is 0 Å². The van der Waals surface area contributed by atoms with Crippen LogP contribution in [0.3, 0.4) is 0 Å². The Kier molecular flexibility index (Phi) is 22.3. The van der Waals surface area contributed by atoms with Crippen LogP contribution in [0.5, 0.6) is 0 Å². The SMILES string of the molecule is CCCCCCCCCCCC(=O)OOC(=O)CCCCCCCCC(=O)OOC(=O)CCC(=O)O. The smallest absolute Gasteiger partial charge is 0.356 e. The van der Waals surface area contributed by atoms with Crippen molar-refractivity contribution < 1.29 is 48.6 Å². The third-order valence-electron chi connectivity index (χ3n) is 5.49. The summed E-state index contributed by atoms with van der Waals surface area (Å²) in [6, 6.07) is 0. The van der Waals surface area contributed by atoms with Gasteiger partial charge in [0.25, 0.3) is 0 Å². The Morgan fingerprint density at radius 3 is 1.00 bits per heavy atom. The molecule has 0 bridgehead atoms. The summed E-state index contributed by atoms with van der Waals surface area (Å²) in [7, 11) is 0. The zero-order chi connectivity index (χ0) is 26.9. The monoisotopic (exact) mass is 516 g/mol. The second-order valence-corrected chi connectivity index (χ2v) is 8.91. The van der Waals surface area contributed by atoms with E-state index in [2.05, 4.69) is 26.5 Å². The van der Waals surface area contributed by atoms with Gasteiger partial charge in [0.1, 0.15) is 0 Å². The maximum atomic E-state index is 11.6. The van der Waals surface area contributed by atoms with Gasteiger partial charge in [-0.3, -0.25) is 4.79 Å². The van der Waals surface area contributed by atoms with Gasteiger partial charge in [-0.25, -0.2) is 38.7 Å². The van der Waals surface area contributed by atoms with E-state index in [-0.39, 0.29) is 25.7 Å². The molecule has 0 saturated carbocycles. The summed E-state index contributed by atoms with van der Waals surface area (Å²) >= 11 is 0. The second-order valence-electron chi connectivity index (χ2n) is 8.91. The summed E-state index contributed by atoms with van der Waals surface area (Å²) in [5.74, 6) is -3.80. The number of unbranched alkanes of at least 4 members (excludes halogenated alkanes) is 13. The molecule has 0 rings (SSSR count). The van der Waals surface area contributed by atoms with Crippen LogP contribution < -0.4 is 0 Å². The Morgan fingerprint density at radius 2 is 0.694 bits per heavy atom. The minimum atomic E-state index is -1.14. The highest BCUT2D eigenvalue weighted by Crippen LogP contribution is 2.12. The third-order valence-corrected chi connectivity index (χ3v) is 5.49. The van der Waals surface area contributed by atoms with Crippen LogP contribution in [0.2, 0.25) is 0 Å². The van der Waals surface area contributed by atoms with Crippen LogP contribution in [0.1, 0.15) is 135 Å². The third kappa shape index (κ3) is 24.5. The fourth-order valence-electron chi connectivity index (χ4n) is 3.39. The van der Waals surface area contributed by atoms with Crippen molar-refractivity contribution in [2.24, 2.45) is 0 Å². The molecule has 0 radical (unpaired) electrons. The molecule has 10 heteroatoms. The van der Waals surface area contributed by atoms with Gasteiger partial charge in [-0.15, -0.1) is 0 Å². The van der Waals surface area contributed by atoms with E-state index in [1.807, 2.05) is 0 Å². The molecule has 0 atom stereocenters. The van der Waals surface area contributed by atoms with Crippen LogP contribution in [-0.4, -0.2) is 35.0 Å². The van der Waals surface area contributed by atoms with E-state index in [1.165, 1.54) is 38.5 Å². The van der Waals surface area contributed by atoms with E-state index < -0.39 is 36.3 Å². The molecule has 1 N–H and O–H groups in total. The largest absolute Gasteiger partial charge is 0.481 e. The molecule has 0 aliphatic heterocycles. The molecule has 10 nitrogen and oxygen atoms in total. The van der Waals surface area contributed by atoms with Crippen LogP contribution in [0.15, 0.2) is 0 Å². The minimum absolute atomic E-state index is 0.0863. The average Bonchev–Trinajstić information content (AvgIpc) is 2.85. The second kappa shape index (κ2) is 24.1. The van der Waals surface area contributed by atoms with Gasteiger partial charge in [0.2, 0.25) is 0 Å². The van der Waals surface area contributed by atoms with Gasteiger partial charge in [-0.2, -0.15) is 0 Å². The van der Waals surface area contributed by atoms with Gasteiger partial charge in [-0.1, -0.05) is 84.0 Å². The topological polar surface area (TPSA) is 142 Å². The number of hydrogen-bond acceptors (Lipinski definition) is 9. The zero-order valence-electron chi connectivity index (χ0n) is 21.8. The average molecular weight is 517 g/mol. The van der Waals surface area contributed by atoms with E-state index in [0.717, 1.165) is 44.9 Å². The molecule has 0 aliphatic carbocycles. The minimum Gasteiger partial charge on any atom is -0.481 e. The summed E-state index contributed by atoms with van der Waals surface area (Å²) in [4.78, 5) is 73.9. The number of carboxylic acid groups (broad SMARTS) is 1. The van der Waals surface area contributed by atoms with E-state index in [9.17, 15) is 24.0 Å². The summed E-state index contributed by atoms with van der Waals surface area (Å²) in [5.41, 5.74) is 0. The van der Waals surface area contributed by atoms with E-state index in [1.54, 1.807) is 0 Å². The van der Waals surface area contributed by atoms with Crippen LogP contribution in [0.25, 0.3) is 0 Å². The first-order chi connectivity index (χ1) is 17.3. The molecule has 208 valence electrons. The molecule has 0 aromatic rings. The zero-order valence-corrected chi connectivity index (χ0v) is 21.8. The van der Waals surface area contributed by atoms with Gasteiger partial charge in [0.05, 0.1) is 32.1 Å². The first-order valence-corrected chi connectivity index (χ1v) is 13.4. The van der Waals surface area contributed by atoms with Crippen molar-refractivity contribution in [3.63, 3.8) is 0 Å². The van der Waals surface area contributed by atoms with E-state index >= 15 is 0 Å². The molecule has 0 aliphatic rings. The number of hydrogen-bond donors (Lipinski definition) is 1. The van der Waals surface area contributed by atoms with Crippen LogP contribution in [0, 0.1) is 0 Å². The molecular weight excluding hydrogens is 472 g/mol. The summed E-state index contributed by atoms with van der Waals surface area (Å²) in [6.07, 6.45) is 14.6. The molecule has 0 unspecified atom stereocenters. The standard InChI is InChI=1S/C26H44O10/c1-2-3-4-5-6-7-8-11-14-17-23(29)33-34-24(30)18-15-12-9-10-13-16-19-25(31)35-36-26(32)21-20-22(27)28/h2-21H2,1H3,(H,27,28). The first-order valence-electron chi connectivity index (χ1n) is 13.4. The Hall–Kier alpha value is -2.65. The van der Waals surface area contributed by atoms with Crippen LogP contribution in [0.4, 0.5) is 0 Å². The lowest BCUT2D eigenvalue weighted by Crippen LogP contribution is -2.12. The molecule has 0 aromatic carbocycles. The van der Waals surface area contributed by atoms with Crippen molar-refractivity contribution in [3.05, 3.63) is 0 Å². The Bertz CT molecular complexity index is 632. The van der Waals surface area contributed by atoms with Gasteiger partial charge in [0.15, 0.2) is 0 Å². The lowest BCUT2D eigenvalue weighted by molar-refractivity contribution is -0.259. The van der Waals surface area contributed by atoms with Crippen molar-refractivity contribution in [3.8, 4) is 0 Å². The molecule has 0 spiro atoms. The van der Waals surface area contributed by atoms with Crippen LogP contribution >= 0.6 is 0 Å². The molecule has 0 saturated heterocycles. The van der Waals surface area contributed by atoms with Gasteiger partial charge in [0, 0.05) is 0 Å². The quantitative estimate of drug-likeness (QED) is 0.105. The van der Waals surface area contributed by atoms with E-state index in [4.69, 9.17) is 5.11 Å². The van der Waals surface area contributed by atoms with Crippen LogP contribution in [-0.2, 0) is 43.5 Å². The fraction of sp³-hybridized carbons (Fsp3) is 0.808. The van der Waals surface area contributed by atoms with Crippen molar-refractivity contribution >= 4 is 29.8 Å². The maximum absolute atomic E-state index is 11.6. The summed E-state index contributed by atoms with van der Waals surface area (Å²) in [5, 5.41) is 8.44. The Morgan fingerprint density at radius 1 is 0.417 bits per heavy atom. The number of aliphatic carboxylic acids is 1. The van der Waals surface area contributed by atoms with E-state index in [0.29, 0.717) is 12.8 Å². The number of carboxylic acids is 1. The van der Waals surface area contributed by atoms with Gasteiger partial charge in [-0.05, 0) is 19.3 Å². The Labute approximate surface area is 214 Å². The molecule has 0 amide bonds. The van der Waals surface area contributed by atoms with Crippen molar-refractivity contribution in [1.29, 1.82) is 0 Å². The molecule has 0 fully saturated rings. The molecular formula is C26H44O10. The molecule has 36 heavy (non-hydrogen) atoms. The van der Waals surface area contributed by atoms with Gasteiger partial charge < -0.3 is 5.11 Å².